The van der Waals surface area contributed by atoms with Crippen molar-refractivity contribution in [2.45, 2.75) is 6.42 Å². The van der Waals surface area contributed by atoms with E-state index in [0.29, 0.717) is 13.0 Å². The summed E-state index contributed by atoms with van der Waals surface area (Å²) in [7, 11) is 3.40. The molecule has 0 unspecified atom stereocenters. The van der Waals surface area contributed by atoms with Crippen molar-refractivity contribution in [1.82, 2.24) is 0 Å². The van der Waals surface area contributed by atoms with E-state index < -0.39 is 0 Å². The Bertz CT molecular complexity index is 58.3. The Labute approximate surface area is 39.4 Å². The highest BCUT2D eigenvalue weighted by Gasteiger charge is 1.74. The fourth-order valence-corrected chi connectivity index (χ4v) is 0.183. The third-order valence-electron chi connectivity index (χ3n) is 0.305. The Morgan fingerprint density at radius 3 is 2.67 bits per heavy atom. The highest BCUT2D eigenvalue weighted by molar-refractivity contribution is 7.09. The van der Waals surface area contributed by atoms with E-state index in [2.05, 4.69) is 14.0 Å². The van der Waals surface area contributed by atoms with Crippen LogP contribution in [0.1, 0.15) is 6.42 Å². The highest BCUT2D eigenvalue weighted by Crippen LogP contribution is 1.84. The lowest BCUT2D eigenvalue weighted by Gasteiger charge is -1.80. The number of rotatable bonds is 2. The van der Waals surface area contributed by atoms with Crippen LogP contribution in [-0.4, -0.2) is 6.61 Å². The van der Waals surface area contributed by atoms with Gasteiger partial charge >= 0.3 is 0 Å². The molecule has 0 aromatic rings. The van der Waals surface area contributed by atoms with E-state index in [1.807, 2.05) is 6.07 Å². The zero-order valence-corrected chi connectivity index (χ0v) is 4.11. The van der Waals surface area contributed by atoms with Crippen LogP contribution >= 0.6 is 9.47 Å². The van der Waals surface area contributed by atoms with Crippen LogP contribution in [0, 0.1) is 11.3 Å². The normalized spacial score (nSPS) is 7.33. The molecule has 0 amide bonds. The molecule has 0 fully saturated rings. The molecule has 3 heteroatoms. The first-order valence-electron chi connectivity index (χ1n) is 1.55. The van der Waals surface area contributed by atoms with E-state index in [1.54, 1.807) is 0 Å². The average molecular weight is 101 g/mol. The minimum Gasteiger partial charge on any atom is -0.344 e. The average Bonchev–Trinajstić information content (AvgIpc) is 1.61. The summed E-state index contributed by atoms with van der Waals surface area (Å²) in [6, 6.07) is 1.89. The second-order valence-electron chi connectivity index (χ2n) is 0.741. The highest BCUT2D eigenvalue weighted by atomic mass is 31.0. The molecular formula is C3H4NOP. The van der Waals surface area contributed by atoms with E-state index in [-0.39, 0.29) is 0 Å². The SMILES string of the molecule is N#CCCO[P]. The van der Waals surface area contributed by atoms with Crippen molar-refractivity contribution in [2.24, 2.45) is 0 Å². The first kappa shape index (κ1) is 5.88. The maximum atomic E-state index is 7.83. The maximum absolute atomic E-state index is 7.83. The lowest BCUT2D eigenvalue weighted by Crippen LogP contribution is -1.76. The summed E-state index contributed by atoms with van der Waals surface area (Å²) in [5.74, 6) is 0. The van der Waals surface area contributed by atoms with Gasteiger partial charge in [0.05, 0.1) is 19.1 Å². The molecule has 32 valence electrons. The molecule has 0 saturated carbocycles. The van der Waals surface area contributed by atoms with E-state index in [9.17, 15) is 0 Å². The molecular weight excluding hydrogens is 97.0 g/mol. The molecule has 2 nitrogen and oxygen atoms in total. The first-order valence-corrected chi connectivity index (χ1v) is 1.91. The molecule has 0 aliphatic heterocycles. The molecule has 6 heavy (non-hydrogen) atoms. The van der Waals surface area contributed by atoms with Crippen molar-refractivity contribution in [1.29, 1.82) is 5.26 Å². The third kappa shape index (κ3) is 3.88. The van der Waals surface area contributed by atoms with E-state index in [4.69, 9.17) is 5.26 Å². The fraction of sp³-hybridized carbons (Fsp3) is 0.667. The summed E-state index contributed by atoms with van der Waals surface area (Å²) < 4.78 is 4.25. The van der Waals surface area contributed by atoms with Crippen LogP contribution in [0.5, 0.6) is 0 Å². The minimum atomic E-state index is 0.416. The van der Waals surface area contributed by atoms with Gasteiger partial charge in [-0.15, -0.1) is 0 Å². The number of nitrogens with zero attached hydrogens (tertiary/aromatic N) is 1. The van der Waals surface area contributed by atoms with Gasteiger partial charge in [-0.3, -0.25) is 0 Å². The summed E-state index contributed by atoms with van der Waals surface area (Å²) >= 11 is 0. The van der Waals surface area contributed by atoms with Gasteiger partial charge in [-0.2, -0.15) is 5.26 Å². The molecule has 0 bridgehead atoms. The summed E-state index contributed by atoms with van der Waals surface area (Å²) in [6.45, 7) is 0.416. The molecule has 0 saturated heterocycles. The van der Waals surface area contributed by atoms with Crippen LogP contribution in [0.4, 0.5) is 0 Å². The van der Waals surface area contributed by atoms with Crippen LogP contribution in [0.2, 0.25) is 0 Å². The first-order chi connectivity index (χ1) is 2.91. The Balaban J connectivity index is 2.54. The Morgan fingerprint density at radius 1 is 1.83 bits per heavy atom. The summed E-state index contributed by atoms with van der Waals surface area (Å²) in [5, 5.41) is 7.83. The second-order valence-corrected chi connectivity index (χ2v) is 1.000. The van der Waals surface area contributed by atoms with Crippen LogP contribution in [0.15, 0.2) is 0 Å². The predicted molar refractivity (Wildman–Crippen MR) is 23.1 cm³/mol. The van der Waals surface area contributed by atoms with E-state index in [0.717, 1.165) is 0 Å². The smallest absolute Gasteiger partial charge is 0.148 e. The van der Waals surface area contributed by atoms with Gasteiger partial charge < -0.3 is 4.52 Å². The van der Waals surface area contributed by atoms with Crippen molar-refractivity contribution in [3.63, 3.8) is 0 Å². The molecule has 0 aromatic heterocycles. The standard InChI is InChI=1S/C3H4NOP/c4-2-1-3-5-6/h1,3H2. The lowest BCUT2D eigenvalue weighted by molar-refractivity contribution is 0.383. The molecule has 0 aromatic carbocycles. The zero-order chi connectivity index (χ0) is 4.83. The van der Waals surface area contributed by atoms with Gasteiger partial charge in [-0.05, 0) is 0 Å². The predicted octanol–water partition coefficient (Wildman–Crippen LogP) is 1.24. The van der Waals surface area contributed by atoms with Gasteiger partial charge in [0, 0.05) is 0 Å². The second kappa shape index (κ2) is 4.88. The monoisotopic (exact) mass is 101 g/mol. The Morgan fingerprint density at radius 2 is 2.50 bits per heavy atom. The van der Waals surface area contributed by atoms with Crippen LogP contribution < -0.4 is 0 Å². The molecule has 2 radical (unpaired) electrons. The van der Waals surface area contributed by atoms with Gasteiger partial charge in [0.1, 0.15) is 9.47 Å². The van der Waals surface area contributed by atoms with Gasteiger partial charge in [0.25, 0.3) is 0 Å². The van der Waals surface area contributed by atoms with Crippen LogP contribution in [0.3, 0.4) is 0 Å². The Hall–Kier alpha value is -0.120. The molecule has 0 aliphatic carbocycles. The van der Waals surface area contributed by atoms with Gasteiger partial charge in [-0.25, -0.2) is 0 Å². The molecule has 0 aliphatic rings. The van der Waals surface area contributed by atoms with Crippen LogP contribution in [-0.2, 0) is 4.52 Å². The minimum absolute atomic E-state index is 0.416. The fourth-order valence-electron chi connectivity index (χ4n) is 0.0913. The van der Waals surface area contributed by atoms with Crippen molar-refractivity contribution < 1.29 is 4.52 Å². The Kier molecular flexibility index (Phi) is 4.78. The third-order valence-corrected chi connectivity index (χ3v) is 0.488. The van der Waals surface area contributed by atoms with Crippen molar-refractivity contribution in [2.75, 3.05) is 6.61 Å². The van der Waals surface area contributed by atoms with Crippen molar-refractivity contribution in [3.8, 4) is 6.07 Å². The maximum Gasteiger partial charge on any atom is 0.148 e. The summed E-state index contributed by atoms with van der Waals surface area (Å²) in [4.78, 5) is 0. The van der Waals surface area contributed by atoms with Crippen molar-refractivity contribution in [3.05, 3.63) is 0 Å². The van der Waals surface area contributed by atoms with Gasteiger partial charge in [0.15, 0.2) is 0 Å². The quantitative estimate of drug-likeness (QED) is 0.387. The van der Waals surface area contributed by atoms with Crippen LogP contribution in [0.25, 0.3) is 0 Å². The number of hydrogen-bond donors (Lipinski definition) is 0. The lowest BCUT2D eigenvalue weighted by atomic mass is 10.5. The zero-order valence-electron chi connectivity index (χ0n) is 3.22. The number of hydrogen-bond acceptors (Lipinski definition) is 2. The van der Waals surface area contributed by atoms with E-state index >= 15 is 0 Å². The summed E-state index contributed by atoms with van der Waals surface area (Å²) in [5.41, 5.74) is 0. The number of nitriles is 1. The largest absolute Gasteiger partial charge is 0.344 e. The topological polar surface area (TPSA) is 33.0 Å². The molecule has 0 spiro atoms. The van der Waals surface area contributed by atoms with Gasteiger partial charge in [-0.1, -0.05) is 0 Å². The molecule has 0 N–H and O–H groups in total. The van der Waals surface area contributed by atoms with Gasteiger partial charge in [0.2, 0.25) is 0 Å². The molecule has 0 atom stereocenters. The van der Waals surface area contributed by atoms with Crippen molar-refractivity contribution >= 4 is 9.47 Å². The molecule has 0 rings (SSSR count). The molecule has 0 heterocycles. The van der Waals surface area contributed by atoms with E-state index in [1.165, 1.54) is 0 Å². The summed E-state index contributed by atoms with van der Waals surface area (Å²) in [6.07, 6.45) is 0.420.